The van der Waals surface area contributed by atoms with Crippen LogP contribution in [-0.4, -0.2) is 30.4 Å². The summed E-state index contributed by atoms with van der Waals surface area (Å²) in [5.74, 6) is 0.711. The lowest BCUT2D eigenvalue weighted by Crippen LogP contribution is -2.28. The SMILES string of the molecule is COc1cc(CC(O)C(C)(C)C)c([N+](=O)[O-])cc1OC. The molecule has 0 spiro atoms. The van der Waals surface area contributed by atoms with Crippen LogP contribution in [0.1, 0.15) is 26.3 Å². The van der Waals surface area contributed by atoms with Gasteiger partial charge in [-0.15, -0.1) is 0 Å². The number of nitrogens with zero attached hydrogens (tertiary/aromatic N) is 1. The van der Waals surface area contributed by atoms with E-state index >= 15 is 0 Å². The number of hydrogen-bond acceptors (Lipinski definition) is 5. The van der Waals surface area contributed by atoms with E-state index in [2.05, 4.69) is 0 Å². The van der Waals surface area contributed by atoms with Gasteiger partial charge in [-0.3, -0.25) is 10.1 Å². The Morgan fingerprint density at radius 2 is 1.75 bits per heavy atom. The fraction of sp³-hybridized carbons (Fsp3) is 0.571. The Morgan fingerprint density at radius 1 is 1.25 bits per heavy atom. The zero-order valence-electron chi connectivity index (χ0n) is 12.5. The average molecular weight is 283 g/mol. The zero-order chi connectivity index (χ0) is 15.5. The van der Waals surface area contributed by atoms with Crippen LogP contribution < -0.4 is 9.47 Å². The molecular weight excluding hydrogens is 262 g/mol. The third kappa shape index (κ3) is 3.60. The molecule has 1 unspecified atom stereocenters. The summed E-state index contributed by atoms with van der Waals surface area (Å²) >= 11 is 0. The second kappa shape index (κ2) is 6.09. The molecule has 0 aliphatic rings. The predicted octanol–water partition coefficient (Wildman–Crippen LogP) is 2.56. The van der Waals surface area contributed by atoms with Crippen molar-refractivity contribution in [2.45, 2.75) is 33.3 Å². The van der Waals surface area contributed by atoms with E-state index in [0.717, 1.165) is 0 Å². The second-order valence-corrected chi connectivity index (χ2v) is 5.68. The van der Waals surface area contributed by atoms with Crippen molar-refractivity contribution in [3.05, 3.63) is 27.8 Å². The predicted molar refractivity (Wildman–Crippen MR) is 75.4 cm³/mol. The van der Waals surface area contributed by atoms with E-state index in [1.54, 1.807) is 6.07 Å². The van der Waals surface area contributed by atoms with E-state index in [0.29, 0.717) is 17.1 Å². The molecule has 0 aromatic heterocycles. The van der Waals surface area contributed by atoms with Crippen molar-refractivity contribution in [3.8, 4) is 11.5 Å². The molecule has 0 heterocycles. The maximum atomic E-state index is 11.1. The number of aliphatic hydroxyl groups excluding tert-OH is 1. The van der Waals surface area contributed by atoms with Crippen LogP contribution in [0.2, 0.25) is 0 Å². The van der Waals surface area contributed by atoms with Gasteiger partial charge in [0.15, 0.2) is 11.5 Å². The lowest BCUT2D eigenvalue weighted by molar-refractivity contribution is -0.385. The topological polar surface area (TPSA) is 81.8 Å². The van der Waals surface area contributed by atoms with Crippen molar-refractivity contribution in [2.24, 2.45) is 5.41 Å². The molecule has 6 nitrogen and oxygen atoms in total. The minimum absolute atomic E-state index is 0.0778. The number of hydrogen-bond donors (Lipinski definition) is 1. The highest BCUT2D eigenvalue weighted by Gasteiger charge is 2.27. The third-order valence-electron chi connectivity index (χ3n) is 3.19. The molecule has 112 valence electrons. The molecule has 0 radical (unpaired) electrons. The van der Waals surface area contributed by atoms with Crippen LogP contribution in [0.15, 0.2) is 12.1 Å². The minimum atomic E-state index is -0.695. The molecule has 20 heavy (non-hydrogen) atoms. The molecule has 0 amide bonds. The van der Waals surface area contributed by atoms with Gasteiger partial charge in [0.1, 0.15) is 0 Å². The Kier molecular flexibility index (Phi) is 4.94. The molecule has 0 aliphatic heterocycles. The lowest BCUT2D eigenvalue weighted by atomic mass is 9.85. The van der Waals surface area contributed by atoms with Crippen LogP contribution in [0.3, 0.4) is 0 Å². The van der Waals surface area contributed by atoms with Crippen molar-refractivity contribution in [2.75, 3.05) is 14.2 Å². The summed E-state index contributed by atoms with van der Waals surface area (Å²) in [5.41, 5.74) is -0.0119. The Hall–Kier alpha value is -1.82. The summed E-state index contributed by atoms with van der Waals surface area (Å²) in [4.78, 5) is 10.7. The number of rotatable bonds is 5. The van der Waals surface area contributed by atoms with Gasteiger partial charge in [0, 0.05) is 12.0 Å². The van der Waals surface area contributed by atoms with Crippen LogP contribution in [0.4, 0.5) is 5.69 Å². The first-order valence-corrected chi connectivity index (χ1v) is 6.28. The van der Waals surface area contributed by atoms with Gasteiger partial charge in [-0.2, -0.15) is 0 Å². The third-order valence-corrected chi connectivity index (χ3v) is 3.19. The molecule has 0 bridgehead atoms. The number of nitro benzene ring substituents is 1. The van der Waals surface area contributed by atoms with Gasteiger partial charge < -0.3 is 14.6 Å². The van der Waals surface area contributed by atoms with Crippen molar-refractivity contribution in [3.63, 3.8) is 0 Å². The van der Waals surface area contributed by atoms with E-state index in [9.17, 15) is 15.2 Å². The van der Waals surface area contributed by atoms with E-state index in [1.165, 1.54) is 20.3 Å². The fourth-order valence-corrected chi connectivity index (χ4v) is 1.76. The fourth-order valence-electron chi connectivity index (χ4n) is 1.76. The number of benzene rings is 1. The molecule has 6 heteroatoms. The highest BCUT2D eigenvalue weighted by Crippen LogP contribution is 2.36. The summed E-state index contributed by atoms with van der Waals surface area (Å²) in [6, 6.07) is 2.87. The van der Waals surface area contributed by atoms with Crippen LogP contribution in [0.5, 0.6) is 11.5 Å². The van der Waals surface area contributed by atoms with Crippen LogP contribution >= 0.6 is 0 Å². The van der Waals surface area contributed by atoms with Crippen molar-refractivity contribution >= 4 is 5.69 Å². The number of ether oxygens (including phenoxy) is 2. The zero-order valence-corrected chi connectivity index (χ0v) is 12.5. The first-order valence-electron chi connectivity index (χ1n) is 6.28. The minimum Gasteiger partial charge on any atom is -0.493 e. The van der Waals surface area contributed by atoms with Gasteiger partial charge in [0.2, 0.25) is 0 Å². The van der Waals surface area contributed by atoms with Crippen molar-refractivity contribution < 1.29 is 19.5 Å². The maximum Gasteiger partial charge on any atom is 0.276 e. The van der Waals surface area contributed by atoms with Gasteiger partial charge in [-0.25, -0.2) is 0 Å². The summed E-state index contributed by atoms with van der Waals surface area (Å²) in [5, 5.41) is 21.3. The highest BCUT2D eigenvalue weighted by atomic mass is 16.6. The number of methoxy groups -OCH3 is 2. The number of aliphatic hydroxyl groups is 1. The van der Waals surface area contributed by atoms with Crippen LogP contribution in [-0.2, 0) is 6.42 Å². The van der Waals surface area contributed by atoms with Crippen LogP contribution in [0.25, 0.3) is 0 Å². The molecular formula is C14H21NO5. The summed E-state index contributed by atoms with van der Waals surface area (Å²) in [6.07, 6.45) is -0.514. The standard InChI is InChI=1S/C14H21NO5/c1-14(2,3)13(16)7-9-6-11(19-4)12(20-5)8-10(9)15(17)18/h6,8,13,16H,7H2,1-5H3. The van der Waals surface area contributed by atoms with Crippen molar-refractivity contribution in [1.82, 2.24) is 0 Å². The van der Waals surface area contributed by atoms with Gasteiger partial charge in [0.05, 0.1) is 31.3 Å². The Morgan fingerprint density at radius 3 is 2.15 bits per heavy atom. The normalized spacial score (nSPS) is 12.9. The quantitative estimate of drug-likeness (QED) is 0.663. The van der Waals surface area contributed by atoms with Crippen LogP contribution in [0, 0.1) is 15.5 Å². The van der Waals surface area contributed by atoms with Gasteiger partial charge in [0.25, 0.3) is 5.69 Å². The average Bonchev–Trinajstić information content (AvgIpc) is 2.36. The second-order valence-electron chi connectivity index (χ2n) is 5.68. The molecule has 1 N–H and O–H groups in total. The molecule has 0 saturated heterocycles. The van der Waals surface area contributed by atoms with Gasteiger partial charge >= 0.3 is 0 Å². The Bertz CT molecular complexity index is 493. The van der Waals surface area contributed by atoms with E-state index in [1.807, 2.05) is 20.8 Å². The molecule has 0 aliphatic carbocycles. The van der Waals surface area contributed by atoms with Gasteiger partial charge in [-0.05, 0) is 11.5 Å². The first-order chi connectivity index (χ1) is 9.20. The highest BCUT2D eigenvalue weighted by molar-refractivity contribution is 5.54. The largest absolute Gasteiger partial charge is 0.493 e. The Balaban J connectivity index is 3.26. The molecule has 1 aromatic carbocycles. The molecule has 0 saturated carbocycles. The monoisotopic (exact) mass is 283 g/mol. The Labute approximate surface area is 118 Å². The molecule has 0 fully saturated rings. The van der Waals surface area contributed by atoms with Gasteiger partial charge in [-0.1, -0.05) is 20.8 Å². The van der Waals surface area contributed by atoms with E-state index in [4.69, 9.17) is 9.47 Å². The van der Waals surface area contributed by atoms with E-state index in [-0.39, 0.29) is 17.5 Å². The summed E-state index contributed by atoms with van der Waals surface area (Å²) in [6.45, 7) is 5.64. The molecule has 1 rings (SSSR count). The summed E-state index contributed by atoms with van der Waals surface area (Å²) < 4.78 is 10.2. The number of nitro groups is 1. The maximum absolute atomic E-state index is 11.1. The van der Waals surface area contributed by atoms with Crippen molar-refractivity contribution in [1.29, 1.82) is 0 Å². The first kappa shape index (κ1) is 16.2. The summed E-state index contributed by atoms with van der Waals surface area (Å²) in [7, 11) is 2.89. The molecule has 1 atom stereocenters. The lowest BCUT2D eigenvalue weighted by Gasteiger charge is -2.26. The smallest absolute Gasteiger partial charge is 0.276 e. The molecule has 1 aromatic rings. The van der Waals surface area contributed by atoms with E-state index < -0.39 is 11.0 Å².